The van der Waals surface area contributed by atoms with Crippen molar-refractivity contribution in [2.24, 2.45) is 17.6 Å². The van der Waals surface area contributed by atoms with Crippen molar-refractivity contribution in [1.82, 2.24) is 0 Å². The molecule has 1 unspecified atom stereocenters. The number of carbonyl (C=O) groups excluding carboxylic acids is 1. The first-order valence-electron chi connectivity index (χ1n) is 5.97. The zero-order valence-electron chi connectivity index (χ0n) is 10.5. The molecule has 0 aliphatic carbocycles. The molecule has 1 amide bonds. The highest BCUT2D eigenvalue weighted by Crippen LogP contribution is 2.32. The molecule has 6 heteroatoms. The fraction of sp³-hybridized carbons (Fsp3) is 0.385. The van der Waals surface area contributed by atoms with Gasteiger partial charge < -0.3 is 15.7 Å². The summed E-state index contributed by atoms with van der Waals surface area (Å²) in [5.41, 5.74) is 6.41. The van der Waals surface area contributed by atoms with Gasteiger partial charge in [-0.15, -0.1) is 0 Å². The van der Waals surface area contributed by atoms with Crippen LogP contribution >= 0.6 is 11.6 Å². The van der Waals surface area contributed by atoms with E-state index in [-0.39, 0.29) is 11.8 Å². The van der Waals surface area contributed by atoms with Crippen molar-refractivity contribution in [2.75, 3.05) is 18.0 Å². The minimum Gasteiger partial charge on any atom is -0.481 e. The van der Waals surface area contributed by atoms with Gasteiger partial charge in [0.25, 0.3) is 5.91 Å². The van der Waals surface area contributed by atoms with Gasteiger partial charge in [-0.25, -0.2) is 0 Å². The summed E-state index contributed by atoms with van der Waals surface area (Å²) < 4.78 is 0. The van der Waals surface area contributed by atoms with E-state index in [1.165, 1.54) is 6.07 Å². The standard InChI is InChI=1S/C13H15ClN2O3/c1-7(13(18)19)8-5-16(6-8)11-3-2-9(14)4-10(11)12(15)17/h2-4,7-8H,5-6H2,1H3,(H2,15,17)(H,18,19). The van der Waals surface area contributed by atoms with Crippen molar-refractivity contribution in [3.05, 3.63) is 28.8 Å². The molecule has 1 aromatic rings. The average Bonchev–Trinajstić information content (AvgIpc) is 2.28. The second-order valence-corrected chi connectivity index (χ2v) is 5.25. The first kappa shape index (κ1) is 13.7. The molecule has 1 fully saturated rings. The monoisotopic (exact) mass is 282 g/mol. The normalized spacial score (nSPS) is 16.8. The molecule has 1 aliphatic rings. The molecule has 19 heavy (non-hydrogen) atoms. The highest BCUT2D eigenvalue weighted by atomic mass is 35.5. The summed E-state index contributed by atoms with van der Waals surface area (Å²) in [7, 11) is 0. The molecule has 1 heterocycles. The second kappa shape index (κ2) is 5.09. The zero-order valence-corrected chi connectivity index (χ0v) is 11.2. The summed E-state index contributed by atoms with van der Waals surface area (Å²) in [4.78, 5) is 24.2. The summed E-state index contributed by atoms with van der Waals surface area (Å²) in [6.45, 7) is 2.91. The quantitative estimate of drug-likeness (QED) is 0.878. The molecule has 0 aromatic heterocycles. The summed E-state index contributed by atoms with van der Waals surface area (Å²) in [6.07, 6.45) is 0. The number of hydrogen-bond donors (Lipinski definition) is 2. The van der Waals surface area contributed by atoms with Gasteiger partial charge in [0.15, 0.2) is 0 Å². The van der Waals surface area contributed by atoms with Gasteiger partial charge in [0.05, 0.1) is 11.5 Å². The van der Waals surface area contributed by atoms with Gasteiger partial charge in [0.2, 0.25) is 0 Å². The molecule has 102 valence electrons. The highest BCUT2D eigenvalue weighted by molar-refractivity contribution is 6.31. The van der Waals surface area contributed by atoms with Crippen molar-refractivity contribution in [3.8, 4) is 0 Å². The lowest BCUT2D eigenvalue weighted by Crippen LogP contribution is -2.51. The minimum absolute atomic E-state index is 0.0916. The van der Waals surface area contributed by atoms with Crippen LogP contribution in [-0.2, 0) is 4.79 Å². The molecular weight excluding hydrogens is 268 g/mol. The Balaban J connectivity index is 2.14. The molecule has 1 aromatic carbocycles. The van der Waals surface area contributed by atoms with E-state index < -0.39 is 11.9 Å². The van der Waals surface area contributed by atoms with Crippen LogP contribution in [0.25, 0.3) is 0 Å². The molecule has 0 saturated carbocycles. The van der Waals surface area contributed by atoms with E-state index in [1.807, 2.05) is 4.90 Å². The molecule has 3 N–H and O–H groups in total. The Morgan fingerprint density at radius 3 is 2.63 bits per heavy atom. The molecule has 1 atom stereocenters. The fourth-order valence-electron chi connectivity index (χ4n) is 2.21. The van der Waals surface area contributed by atoms with Crippen LogP contribution in [0, 0.1) is 11.8 Å². The van der Waals surface area contributed by atoms with Gasteiger partial charge in [0, 0.05) is 29.7 Å². The van der Waals surface area contributed by atoms with Crippen LogP contribution in [0.4, 0.5) is 5.69 Å². The summed E-state index contributed by atoms with van der Waals surface area (Å²) in [6, 6.07) is 4.97. The molecule has 2 rings (SSSR count). The fourth-order valence-corrected chi connectivity index (χ4v) is 2.38. The van der Waals surface area contributed by atoms with Crippen LogP contribution in [0.5, 0.6) is 0 Å². The van der Waals surface area contributed by atoms with E-state index >= 15 is 0 Å². The van der Waals surface area contributed by atoms with Crippen molar-refractivity contribution < 1.29 is 14.7 Å². The molecule has 1 aliphatic heterocycles. The number of hydrogen-bond acceptors (Lipinski definition) is 3. The van der Waals surface area contributed by atoms with E-state index in [2.05, 4.69) is 0 Å². The topological polar surface area (TPSA) is 83.6 Å². The summed E-state index contributed by atoms with van der Waals surface area (Å²) in [5.74, 6) is -1.63. The Labute approximate surface area is 116 Å². The average molecular weight is 283 g/mol. The molecule has 1 saturated heterocycles. The SMILES string of the molecule is CC(C(=O)O)C1CN(c2ccc(Cl)cc2C(N)=O)C1. The number of primary amides is 1. The summed E-state index contributed by atoms with van der Waals surface area (Å²) >= 11 is 5.84. The lowest BCUT2D eigenvalue weighted by atomic mass is 9.86. The number of carboxylic acids is 1. The molecule has 0 bridgehead atoms. The van der Waals surface area contributed by atoms with Crippen LogP contribution < -0.4 is 10.6 Å². The van der Waals surface area contributed by atoms with E-state index in [0.717, 1.165) is 0 Å². The largest absolute Gasteiger partial charge is 0.481 e. The number of nitrogens with zero attached hydrogens (tertiary/aromatic N) is 1. The Hall–Kier alpha value is -1.75. The Morgan fingerprint density at radius 2 is 2.11 bits per heavy atom. The first-order valence-corrected chi connectivity index (χ1v) is 6.35. The van der Waals surface area contributed by atoms with Gasteiger partial charge >= 0.3 is 5.97 Å². The number of rotatable bonds is 4. The first-order chi connectivity index (χ1) is 8.90. The van der Waals surface area contributed by atoms with Gasteiger partial charge in [-0.05, 0) is 18.2 Å². The number of carbonyl (C=O) groups is 2. The number of nitrogens with two attached hydrogens (primary N) is 1. The third kappa shape index (κ3) is 2.66. The second-order valence-electron chi connectivity index (χ2n) is 4.82. The van der Waals surface area contributed by atoms with Crippen LogP contribution in [0.15, 0.2) is 18.2 Å². The Morgan fingerprint density at radius 1 is 1.47 bits per heavy atom. The van der Waals surface area contributed by atoms with Crippen LogP contribution in [0.1, 0.15) is 17.3 Å². The van der Waals surface area contributed by atoms with Crippen molar-refractivity contribution >= 4 is 29.2 Å². The van der Waals surface area contributed by atoms with Crippen molar-refractivity contribution in [3.63, 3.8) is 0 Å². The number of benzene rings is 1. The highest BCUT2D eigenvalue weighted by Gasteiger charge is 2.35. The van der Waals surface area contributed by atoms with Gasteiger partial charge in [0.1, 0.15) is 0 Å². The predicted molar refractivity (Wildman–Crippen MR) is 72.5 cm³/mol. The zero-order chi connectivity index (χ0) is 14.2. The number of anilines is 1. The number of carboxylic acid groups (broad SMARTS) is 1. The maximum atomic E-state index is 11.4. The Bertz CT molecular complexity index is 527. The predicted octanol–water partition coefficient (Wildman–Crippen LogP) is 1.60. The molecule has 0 spiro atoms. The molecule has 5 nitrogen and oxygen atoms in total. The summed E-state index contributed by atoms with van der Waals surface area (Å²) in [5, 5.41) is 9.40. The van der Waals surface area contributed by atoms with Crippen molar-refractivity contribution in [1.29, 1.82) is 0 Å². The van der Waals surface area contributed by atoms with E-state index in [4.69, 9.17) is 22.4 Å². The number of amides is 1. The van der Waals surface area contributed by atoms with E-state index in [9.17, 15) is 9.59 Å². The van der Waals surface area contributed by atoms with E-state index in [0.29, 0.717) is 29.4 Å². The maximum absolute atomic E-state index is 11.4. The molecular formula is C13H15ClN2O3. The van der Waals surface area contributed by atoms with Gasteiger partial charge in [-0.3, -0.25) is 9.59 Å². The van der Waals surface area contributed by atoms with E-state index in [1.54, 1.807) is 19.1 Å². The molecule has 0 radical (unpaired) electrons. The lowest BCUT2D eigenvalue weighted by molar-refractivity contribution is -0.143. The number of aliphatic carboxylic acids is 1. The third-order valence-electron chi connectivity index (χ3n) is 3.57. The number of halogens is 1. The van der Waals surface area contributed by atoms with Crippen LogP contribution in [0.3, 0.4) is 0 Å². The van der Waals surface area contributed by atoms with Crippen LogP contribution in [0.2, 0.25) is 5.02 Å². The lowest BCUT2D eigenvalue weighted by Gasteiger charge is -2.43. The van der Waals surface area contributed by atoms with Crippen molar-refractivity contribution in [2.45, 2.75) is 6.92 Å². The van der Waals surface area contributed by atoms with Gasteiger partial charge in [-0.2, -0.15) is 0 Å². The Kier molecular flexibility index (Phi) is 3.66. The third-order valence-corrected chi connectivity index (χ3v) is 3.81. The minimum atomic E-state index is -0.795. The smallest absolute Gasteiger partial charge is 0.306 e. The van der Waals surface area contributed by atoms with Gasteiger partial charge in [-0.1, -0.05) is 18.5 Å². The van der Waals surface area contributed by atoms with Crippen LogP contribution in [-0.4, -0.2) is 30.1 Å². The maximum Gasteiger partial charge on any atom is 0.306 e.